The van der Waals surface area contributed by atoms with E-state index in [1.165, 1.54) is 5.56 Å². The maximum Gasteiger partial charge on any atom is 0.211 e. The van der Waals surface area contributed by atoms with Gasteiger partial charge in [0.25, 0.3) is 0 Å². The lowest BCUT2D eigenvalue weighted by Crippen LogP contribution is -2.24. The molecule has 2 aromatic rings. The minimum absolute atomic E-state index is 0.0543. The van der Waals surface area contributed by atoms with Crippen molar-refractivity contribution in [3.8, 4) is 0 Å². The number of nitrogens with zero attached hydrogens (tertiary/aromatic N) is 3. The van der Waals surface area contributed by atoms with Gasteiger partial charge >= 0.3 is 0 Å². The van der Waals surface area contributed by atoms with E-state index >= 15 is 0 Å². The quantitative estimate of drug-likeness (QED) is 0.499. The van der Waals surface area contributed by atoms with Crippen LogP contribution >= 0.6 is 11.6 Å². The van der Waals surface area contributed by atoms with Crippen LogP contribution in [0.25, 0.3) is 0 Å². The van der Waals surface area contributed by atoms with E-state index in [-0.39, 0.29) is 11.9 Å². The first-order valence-electron chi connectivity index (χ1n) is 7.82. The molecule has 1 heterocycles. The molecule has 0 saturated heterocycles. The van der Waals surface area contributed by atoms with Crippen molar-refractivity contribution in [2.24, 2.45) is 21.7 Å². The highest BCUT2D eigenvalue weighted by molar-refractivity contribution is 6.31. The molecule has 24 heavy (non-hydrogen) atoms. The second-order valence-corrected chi connectivity index (χ2v) is 6.56. The van der Waals surface area contributed by atoms with Gasteiger partial charge in [0.1, 0.15) is 0 Å². The van der Waals surface area contributed by atoms with Gasteiger partial charge in [-0.05, 0) is 55.9 Å². The number of aryl methyl sites for hydroxylation is 2. The van der Waals surface area contributed by atoms with Crippen LogP contribution in [0.1, 0.15) is 40.3 Å². The third kappa shape index (κ3) is 3.26. The van der Waals surface area contributed by atoms with E-state index in [9.17, 15) is 0 Å². The van der Waals surface area contributed by atoms with Crippen LogP contribution < -0.4 is 11.5 Å². The Hall–Kier alpha value is -2.40. The molecule has 1 aliphatic carbocycles. The Morgan fingerprint density at radius 1 is 1.21 bits per heavy atom. The Morgan fingerprint density at radius 3 is 2.75 bits per heavy atom. The van der Waals surface area contributed by atoms with E-state index in [1.807, 2.05) is 31.3 Å². The van der Waals surface area contributed by atoms with Crippen molar-refractivity contribution in [2.45, 2.75) is 32.6 Å². The van der Waals surface area contributed by atoms with Crippen LogP contribution in [-0.4, -0.2) is 16.7 Å². The lowest BCUT2D eigenvalue weighted by Gasteiger charge is -2.27. The summed E-state index contributed by atoms with van der Waals surface area (Å²) in [6.07, 6.45) is 3.37. The van der Waals surface area contributed by atoms with Gasteiger partial charge in [-0.15, -0.1) is 5.10 Å². The predicted octanol–water partition coefficient (Wildman–Crippen LogP) is 3.06. The minimum atomic E-state index is -0.0543. The number of fused-ring (bicyclic) bond motifs is 1. The molecule has 0 aliphatic heterocycles. The molecule has 0 saturated carbocycles. The Balaban J connectivity index is 2.10. The number of hydrogen-bond donors (Lipinski definition) is 2. The first kappa shape index (κ1) is 16.5. The van der Waals surface area contributed by atoms with E-state index < -0.39 is 0 Å². The number of pyridine rings is 1. The van der Waals surface area contributed by atoms with E-state index in [1.54, 1.807) is 0 Å². The number of guanidine groups is 1. The van der Waals surface area contributed by atoms with Gasteiger partial charge in [0.05, 0.1) is 11.4 Å². The van der Waals surface area contributed by atoms with Crippen LogP contribution in [0.15, 0.2) is 40.7 Å². The highest BCUT2D eigenvalue weighted by atomic mass is 35.5. The first-order chi connectivity index (χ1) is 11.5. The zero-order valence-electron chi connectivity index (χ0n) is 13.8. The molecule has 1 aromatic heterocycles. The zero-order chi connectivity index (χ0) is 17.3. The largest absolute Gasteiger partial charge is 0.369 e. The molecule has 0 amide bonds. The molecular formula is C18H20ClN5. The number of aromatic nitrogens is 1. The average molecular weight is 342 g/mol. The van der Waals surface area contributed by atoms with E-state index in [0.29, 0.717) is 0 Å². The molecule has 6 heteroatoms. The third-order valence-corrected chi connectivity index (χ3v) is 4.63. The van der Waals surface area contributed by atoms with E-state index in [2.05, 4.69) is 28.2 Å². The van der Waals surface area contributed by atoms with E-state index in [0.717, 1.165) is 46.0 Å². The van der Waals surface area contributed by atoms with Gasteiger partial charge in [-0.25, -0.2) is 0 Å². The molecule has 4 N–H and O–H groups in total. The summed E-state index contributed by atoms with van der Waals surface area (Å²) in [7, 11) is 0. The lowest BCUT2D eigenvalue weighted by atomic mass is 9.79. The molecule has 1 aliphatic rings. The van der Waals surface area contributed by atoms with E-state index in [4.69, 9.17) is 23.1 Å². The van der Waals surface area contributed by atoms with Gasteiger partial charge in [-0.3, -0.25) is 4.98 Å². The zero-order valence-corrected chi connectivity index (χ0v) is 14.5. The van der Waals surface area contributed by atoms with Crippen molar-refractivity contribution in [3.05, 3.63) is 63.4 Å². The maximum atomic E-state index is 6.44. The fourth-order valence-electron chi connectivity index (χ4n) is 3.21. The van der Waals surface area contributed by atoms with Crippen LogP contribution in [0.4, 0.5) is 0 Å². The van der Waals surface area contributed by atoms with Crippen molar-refractivity contribution < 1.29 is 0 Å². The SMILES string of the molecule is Cc1ccc(Cl)c(C2CC(=NN=C(N)N)c3c(C)ccnc3C2)c1. The van der Waals surface area contributed by atoms with Crippen molar-refractivity contribution in [2.75, 3.05) is 0 Å². The lowest BCUT2D eigenvalue weighted by molar-refractivity contribution is 0.677. The molecule has 1 unspecified atom stereocenters. The fraction of sp³-hybridized carbons (Fsp3) is 0.278. The topological polar surface area (TPSA) is 89.6 Å². The van der Waals surface area contributed by atoms with Gasteiger partial charge in [-0.1, -0.05) is 29.3 Å². The first-order valence-corrected chi connectivity index (χ1v) is 8.20. The summed E-state index contributed by atoms with van der Waals surface area (Å²) in [5.41, 5.74) is 17.2. The third-order valence-electron chi connectivity index (χ3n) is 4.28. The van der Waals surface area contributed by atoms with Crippen molar-refractivity contribution in [1.82, 2.24) is 4.98 Å². The number of rotatable bonds is 2. The summed E-state index contributed by atoms with van der Waals surface area (Å²) in [6.45, 7) is 4.11. The summed E-state index contributed by atoms with van der Waals surface area (Å²) in [5.74, 6) is 0.147. The highest BCUT2D eigenvalue weighted by Gasteiger charge is 2.28. The highest BCUT2D eigenvalue weighted by Crippen LogP contribution is 2.37. The standard InChI is InChI=1S/C18H20ClN5/c1-10-3-4-14(19)13(7-10)12-8-15-17(11(2)5-6-22-15)16(9-12)23-24-18(20)21/h3-7,12H,8-9H2,1-2H3,(H4,20,21,24). The summed E-state index contributed by atoms with van der Waals surface area (Å²) in [5, 5.41) is 8.91. The normalized spacial score (nSPS) is 18.3. The molecule has 124 valence electrons. The molecule has 3 rings (SSSR count). The van der Waals surface area contributed by atoms with Crippen molar-refractivity contribution in [1.29, 1.82) is 0 Å². The molecule has 1 atom stereocenters. The Kier molecular flexibility index (Phi) is 4.53. The molecule has 0 bridgehead atoms. The summed E-state index contributed by atoms with van der Waals surface area (Å²) >= 11 is 6.44. The average Bonchev–Trinajstić information content (AvgIpc) is 2.54. The van der Waals surface area contributed by atoms with Gasteiger partial charge in [0.15, 0.2) is 0 Å². The molecule has 5 nitrogen and oxygen atoms in total. The maximum absolute atomic E-state index is 6.44. The summed E-state index contributed by atoms with van der Waals surface area (Å²) in [4.78, 5) is 4.55. The smallest absolute Gasteiger partial charge is 0.211 e. The fourth-order valence-corrected chi connectivity index (χ4v) is 3.48. The van der Waals surface area contributed by atoms with Gasteiger partial charge in [0.2, 0.25) is 5.96 Å². The number of nitrogens with two attached hydrogens (primary N) is 2. The number of hydrogen-bond acceptors (Lipinski definition) is 3. The minimum Gasteiger partial charge on any atom is -0.369 e. The van der Waals surface area contributed by atoms with Crippen LogP contribution in [0, 0.1) is 13.8 Å². The Labute approximate surface area is 146 Å². The van der Waals surface area contributed by atoms with Crippen LogP contribution in [0.2, 0.25) is 5.02 Å². The van der Waals surface area contributed by atoms with Crippen LogP contribution in [0.3, 0.4) is 0 Å². The van der Waals surface area contributed by atoms with Crippen molar-refractivity contribution >= 4 is 23.3 Å². The Bertz CT molecular complexity index is 837. The molecule has 1 aromatic carbocycles. The second kappa shape index (κ2) is 6.61. The monoisotopic (exact) mass is 341 g/mol. The molecular weight excluding hydrogens is 322 g/mol. The van der Waals surface area contributed by atoms with Crippen LogP contribution in [0.5, 0.6) is 0 Å². The molecule has 0 radical (unpaired) electrons. The van der Waals surface area contributed by atoms with Crippen LogP contribution in [-0.2, 0) is 6.42 Å². The van der Waals surface area contributed by atoms with Gasteiger partial charge < -0.3 is 11.5 Å². The number of benzene rings is 1. The Morgan fingerprint density at radius 2 is 2.00 bits per heavy atom. The van der Waals surface area contributed by atoms with Gasteiger partial charge in [-0.2, -0.15) is 5.10 Å². The second-order valence-electron chi connectivity index (χ2n) is 6.15. The number of halogens is 1. The molecule has 0 fully saturated rings. The van der Waals surface area contributed by atoms with Gasteiger partial charge in [0, 0.05) is 16.8 Å². The predicted molar refractivity (Wildman–Crippen MR) is 98.6 cm³/mol. The summed E-state index contributed by atoms with van der Waals surface area (Å²) in [6, 6.07) is 8.06. The summed E-state index contributed by atoms with van der Waals surface area (Å²) < 4.78 is 0. The van der Waals surface area contributed by atoms with Crippen molar-refractivity contribution in [3.63, 3.8) is 0 Å². The molecule has 0 spiro atoms.